The number of hydrogen-bond acceptors (Lipinski definition) is 3. The Bertz CT molecular complexity index is 610. The Morgan fingerprint density at radius 1 is 1.33 bits per heavy atom. The molecule has 0 amide bonds. The van der Waals surface area contributed by atoms with Gasteiger partial charge < -0.3 is 9.15 Å². The fourth-order valence-corrected chi connectivity index (χ4v) is 2.30. The average Bonchev–Trinajstić information content (AvgIpc) is 2.91. The molecule has 0 saturated carbocycles. The molecule has 1 aromatic carbocycles. The van der Waals surface area contributed by atoms with Crippen LogP contribution in [-0.4, -0.2) is 11.9 Å². The van der Waals surface area contributed by atoms with Gasteiger partial charge in [0.2, 0.25) is 5.78 Å². The van der Waals surface area contributed by atoms with Gasteiger partial charge in [0.1, 0.15) is 11.9 Å². The smallest absolute Gasteiger partial charge is 0.228 e. The van der Waals surface area contributed by atoms with Gasteiger partial charge in [0, 0.05) is 12.0 Å². The molecular formula is C15H14O3. The van der Waals surface area contributed by atoms with Crippen molar-refractivity contribution in [1.82, 2.24) is 0 Å². The number of rotatable bonds is 2. The Labute approximate surface area is 105 Å². The Hall–Kier alpha value is -2.03. The van der Waals surface area contributed by atoms with Crippen molar-refractivity contribution in [3.05, 3.63) is 53.0 Å². The standard InChI is InChI=1S/C15H14O3/c1-9-5-6-17-15(9)14(16)11-3-4-13-12(8-11)7-10(2)18-13/h3-6,8,10H,7H2,1-2H3. The lowest BCUT2D eigenvalue weighted by Gasteiger charge is -2.03. The Morgan fingerprint density at radius 2 is 2.17 bits per heavy atom. The molecule has 2 heterocycles. The molecular weight excluding hydrogens is 228 g/mol. The number of furan rings is 1. The van der Waals surface area contributed by atoms with Gasteiger partial charge in [0.05, 0.1) is 6.26 Å². The molecule has 1 aliphatic rings. The number of fused-ring (bicyclic) bond motifs is 1. The van der Waals surface area contributed by atoms with E-state index in [9.17, 15) is 4.79 Å². The second-order valence-electron chi connectivity index (χ2n) is 4.72. The molecule has 3 nitrogen and oxygen atoms in total. The topological polar surface area (TPSA) is 39.4 Å². The quantitative estimate of drug-likeness (QED) is 0.759. The molecule has 18 heavy (non-hydrogen) atoms. The van der Waals surface area contributed by atoms with E-state index >= 15 is 0 Å². The summed E-state index contributed by atoms with van der Waals surface area (Å²) in [5.74, 6) is 1.23. The number of carbonyl (C=O) groups excluding carboxylic acids is 1. The summed E-state index contributed by atoms with van der Waals surface area (Å²) < 4.78 is 10.9. The highest BCUT2D eigenvalue weighted by Gasteiger charge is 2.22. The number of carbonyl (C=O) groups is 1. The van der Waals surface area contributed by atoms with Crippen molar-refractivity contribution >= 4 is 5.78 Å². The van der Waals surface area contributed by atoms with Crippen LogP contribution in [0.2, 0.25) is 0 Å². The molecule has 0 spiro atoms. The zero-order chi connectivity index (χ0) is 12.7. The molecule has 0 aliphatic carbocycles. The first-order valence-electron chi connectivity index (χ1n) is 6.03. The second-order valence-corrected chi connectivity index (χ2v) is 4.72. The highest BCUT2D eigenvalue weighted by molar-refractivity contribution is 6.08. The third-order valence-electron chi connectivity index (χ3n) is 3.23. The van der Waals surface area contributed by atoms with Gasteiger partial charge in [-0.05, 0) is 49.2 Å². The molecule has 92 valence electrons. The summed E-state index contributed by atoms with van der Waals surface area (Å²) in [4.78, 5) is 12.3. The number of aryl methyl sites for hydroxylation is 1. The van der Waals surface area contributed by atoms with E-state index in [2.05, 4.69) is 0 Å². The highest BCUT2D eigenvalue weighted by Crippen LogP contribution is 2.30. The molecule has 0 fully saturated rings. The van der Waals surface area contributed by atoms with Gasteiger partial charge in [-0.15, -0.1) is 0 Å². The molecule has 3 heteroatoms. The fraction of sp³-hybridized carbons (Fsp3) is 0.267. The van der Waals surface area contributed by atoms with Gasteiger partial charge in [-0.2, -0.15) is 0 Å². The molecule has 1 aromatic heterocycles. The van der Waals surface area contributed by atoms with Gasteiger partial charge in [-0.25, -0.2) is 0 Å². The van der Waals surface area contributed by atoms with Crippen molar-refractivity contribution < 1.29 is 13.9 Å². The predicted octanol–water partition coefficient (Wildman–Crippen LogP) is 3.14. The third kappa shape index (κ3) is 1.72. The summed E-state index contributed by atoms with van der Waals surface area (Å²) in [6.45, 7) is 3.90. The van der Waals surface area contributed by atoms with Crippen LogP contribution in [0, 0.1) is 6.92 Å². The zero-order valence-corrected chi connectivity index (χ0v) is 10.4. The molecule has 0 N–H and O–H groups in total. The van der Waals surface area contributed by atoms with E-state index in [0.717, 1.165) is 23.3 Å². The van der Waals surface area contributed by atoms with E-state index in [1.54, 1.807) is 18.4 Å². The molecule has 1 unspecified atom stereocenters. The van der Waals surface area contributed by atoms with Crippen LogP contribution in [0.4, 0.5) is 0 Å². The van der Waals surface area contributed by atoms with Crippen LogP contribution in [0.15, 0.2) is 34.9 Å². The van der Waals surface area contributed by atoms with Crippen LogP contribution in [-0.2, 0) is 6.42 Å². The zero-order valence-electron chi connectivity index (χ0n) is 10.4. The lowest BCUT2D eigenvalue weighted by molar-refractivity contribution is 0.101. The van der Waals surface area contributed by atoms with Crippen molar-refractivity contribution in [2.24, 2.45) is 0 Å². The van der Waals surface area contributed by atoms with E-state index in [1.165, 1.54) is 0 Å². The fourth-order valence-electron chi connectivity index (χ4n) is 2.30. The number of ketones is 1. The van der Waals surface area contributed by atoms with E-state index in [1.807, 2.05) is 26.0 Å². The minimum absolute atomic E-state index is 0.0696. The van der Waals surface area contributed by atoms with Crippen LogP contribution in [0.25, 0.3) is 0 Å². The number of hydrogen-bond donors (Lipinski definition) is 0. The number of ether oxygens (including phenoxy) is 1. The minimum Gasteiger partial charge on any atom is -0.490 e. The maximum absolute atomic E-state index is 12.3. The summed E-state index contributed by atoms with van der Waals surface area (Å²) in [5, 5.41) is 0. The van der Waals surface area contributed by atoms with E-state index in [4.69, 9.17) is 9.15 Å². The average molecular weight is 242 g/mol. The summed E-state index contributed by atoms with van der Waals surface area (Å²) >= 11 is 0. The van der Waals surface area contributed by atoms with E-state index in [0.29, 0.717) is 11.3 Å². The third-order valence-corrected chi connectivity index (χ3v) is 3.23. The Morgan fingerprint density at radius 3 is 2.89 bits per heavy atom. The first kappa shape index (κ1) is 11.1. The maximum atomic E-state index is 12.3. The van der Waals surface area contributed by atoms with Crippen molar-refractivity contribution in [2.45, 2.75) is 26.4 Å². The van der Waals surface area contributed by atoms with Crippen molar-refractivity contribution in [3.8, 4) is 5.75 Å². The summed E-state index contributed by atoms with van der Waals surface area (Å²) in [6, 6.07) is 7.36. The monoisotopic (exact) mass is 242 g/mol. The predicted molar refractivity (Wildman–Crippen MR) is 67.1 cm³/mol. The number of benzene rings is 1. The van der Waals surface area contributed by atoms with Gasteiger partial charge >= 0.3 is 0 Å². The van der Waals surface area contributed by atoms with Crippen LogP contribution >= 0.6 is 0 Å². The summed E-state index contributed by atoms with van der Waals surface area (Å²) in [5.41, 5.74) is 2.62. The van der Waals surface area contributed by atoms with Gasteiger partial charge in [0.25, 0.3) is 0 Å². The largest absolute Gasteiger partial charge is 0.490 e. The summed E-state index contributed by atoms with van der Waals surface area (Å²) in [6.07, 6.45) is 2.59. The SMILES string of the molecule is Cc1ccoc1C(=O)c1ccc2c(c1)CC(C)O2. The lowest BCUT2D eigenvalue weighted by Crippen LogP contribution is -2.05. The van der Waals surface area contributed by atoms with Crippen LogP contribution in [0.5, 0.6) is 5.75 Å². The maximum Gasteiger partial charge on any atom is 0.228 e. The molecule has 0 radical (unpaired) electrons. The highest BCUT2D eigenvalue weighted by atomic mass is 16.5. The van der Waals surface area contributed by atoms with Crippen molar-refractivity contribution in [2.75, 3.05) is 0 Å². The molecule has 0 saturated heterocycles. The van der Waals surface area contributed by atoms with Gasteiger partial charge in [-0.1, -0.05) is 0 Å². The van der Waals surface area contributed by atoms with E-state index < -0.39 is 0 Å². The first-order valence-corrected chi connectivity index (χ1v) is 6.03. The van der Waals surface area contributed by atoms with Crippen LogP contribution in [0.1, 0.15) is 34.2 Å². The van der Waals surface area contributed by atoms with Crippen molar-refractivity contribution in [3.63, 3.8) is 0 Å². The molecule has 2 aromatic rings. The lowest BCUT2D eigenvalue weighted by atomic mass is 10.0. The van der Waals surface area contributed by atoms with E-state index in [-0.39, 0.29) is 11.9 Å². The van der Waals surface area contributed by atoms with Gasteiger partial charge in [-0.3, -0.25) is 4.79 Å². The molecule has 3 rings (SSSR count). The molecule has 1 aliphatic heterocycles. The second kappa shape index (κ2) is 4.02. The first-order chi connectivity index (χ1) is 8.65. The molecule has 1 atom stereocenters. The van der Waals surface area contributed by atoms with Crippen molar-refractivity contribution in [1.29, 1.82) is 0 Å². The van der Waals surface area contributed by atoms with Crippen LogP contribution in [0.3, 0.4) is 0 Å². The Balaban J connectivity index is 1.97. The normalized spacial score (nSPS) is 17.3. The Kier molecular flexibility index (Phi) is 2.47. The van der Waals surface area contributed by atoms with Crippen LogP contribution < -0.4 is 4.74 Å². The summed E-state index contributed by atoms with van der Waals surface area (Å²) in [7, 11) is 0. The molecule has 0 bridgehead atoms. The minimum atomic E-state index is -0.0696. The van der Waals surface area contributed by atoms with Gasteiger partial charge in [0.15, 0.2) is 5.76 Å².